The molecule has 0 saturated carbocycles. The quantitative estimate of drug-likeness (QED) is 0.153. The summed E-state index contributed by atoms with van der Waals surface area (Å²) in [5.74, 6) is 0.167. The summed E-state index contributed by atoms with van der Waals surface area (Å²) in [4.78, 5) is 7.23. The Morgan fingerprint density at radius 1 is 0.865 bits per heavy atom. The third-order valence-electron chi connectivity index (χ3n) is 10.4. The molecule has 3 aliphatic rings. The number of fused-ring (bicyclic) bond motifs is 3. The van der Waals surface area contributed by atoms with E-state index >= 15 is 0 Å². The minimum atomic E-state index is 0.167. The average Bonchev–Trinajstić information content (AvgIpc) is 3.16. The van der Waals surface area contributed by atoms with Gasteiger partial charge in [-0.2, -0.15) is 5.26 Å². The van der Waals surface area contributed by atoms with Gasteiger partial charge in [-0.1, -0.05) is 104 Å². The standard InChI is InChI=1S/C48H46N4/c1-6-19-34(4)41(8-3)51(42-26-15-9-20-35(42)5)46-30-36(33-49)31-47(52-44-28-17-12-23-38(44)32-39-24-13-18-29-45(39)52)48(46)50-40(7-2)25-14-10-21-37-22-11-16-27-43(37)50/h6-8,10-18,21-31,34H,1,9,19-20,32H2,2-5H3/b21-10-,25-14-,40-7-,41-8+. The van der Waals surface area contributed by atoms with Crippen LogP contribution in [0.5, 0.6) is 0 Å². The van der Waals surface area contributed by atoms with Gasteiger partial charge >= 0.3 is 0 Å². The third kappa shape index (κ3) is 6.24. The van der Waals surface area contributed by atoms with Crippen LogP contribution < -0.4 is 14.7 Å². The summed E-state index contributed by atoms with van der Waals surface area (Å²) in [7, 11) is 0. The molecule has 4 aromatic rings. The lowest BCUT2D eigenvalue weighted by Gasteiger charge is -2.42. The van der Waals surface area contributed by atoms with E-state index in [1.54, 1.807) is 0 Å². The van der Waals surface area contributed by atoms with Gasteiger partial charge in [0.25, 0.3) is 0 Å². The highest BCUT2D eigenvalue weighted by Gasteiger charge is 2.34. The molecule has 1 unspecified atom stereocenters. The van der Waals surface area contributed by atoms with E-state index in [1.807, 2.05) is 6.08 Å². The second kappa shape index (κ2) is 15.1. The minimum absolute atomic E-state index is 0.167. The molecule has 7 rings (SSSR count). The van der Waals surface area contributed by atoms with E-state index in [2.05, 4.69) is 189 Å². The molecule has 4 nitrogen and oxygen atoms in total. The highest BCUT2D eigenvalue weighted by Crippen LogP contribution is 2.54. The Hall–Kier alpha value is -6.05. The van der Waals surface area contributed by atoms with Crippen LogP contribution >= 0.6 is 0 Å². The second-order valence-electron chi connectivity index (χ2n) is 13.7. The van der Waals surface area contributed by atoms with E-state index in [-0.39, 0.29) is 5.92 Å². The van der Waals surface area contributed by atoms with E-state index in [9.17, 15) is 5.26 Å². The lowest BCUT2D eigenvalue weighted by atomic mass is 9.93. The van der Waals surface area contributed by atoms with Crippen molar-refractivity contribution in [2.45, 2.75) is 53.4 Å². The molecule has 0 N–H and O–H groups in total. The van der Waals surface area contributed by atoms with Crippen molar-refractivity contribution in [3.63, 3.8) is 0 Å². The van der Waals surface area contributed by atoms with Gasteiger partial charge in [0.2, 0.25) is 0 Å². The number of hydrogen-bond donors (Lipinski definition) is 0. The molecule has 4 heteroatoms. The largest absolute Gasteiger partial charge is 0.312 e. The van der Waals surface area contributed by atoms with Gasteiger partial charge in [-0.15, -0.1) is 6.58 Å². The number of rotatable bonds is 8. The van der Waals surface area contributed by atoms with Gasteiger partial charge in [0.15, 0.2) is 0 Å². The molecule has 0 amide bonds. The van der Waals surface area contributed by atoms with Gasteiger partial charge in [-0.05, 0) is 111 Å². The first kappa shape index (κ1) is 34.4. The normalized spacial score (nSPS) is 17.7. The molecular weight excluding hydrogens is 633 g/mol. The van der Waals surface area contributed by atoms with Crippen molar-refractivity contribution >= 4 is 40.2 Å². The minimum Gasteiger partial charge on any atom is -0.312 e. The van der Waals surface area contributed by atoms with Crippen molar-refractivity contribution in [3.8, 4) is 6.07 Å². The van der Waals surface area contributed by atoms with Crippen molar-refractivity contribution in [2.75, 3.05) is 14.7 Å². The Bertz CT molecular complexity index is 2210. The molecule has 0 saturated heterocycles. The lowest BCUT2D eigenvalue weighted by Crippen LogP contribution is -2.30. The fourth-order valence-corrected chi connectivity index (χ4v) is 7.87. The van der Waals surface area contributed by atoms with E-state index in [0.717, 1.165) is 76.8 Å². The number of anilines is 6. The average molecular weight is 679 g/mol. The molecular formula is C48H46N4. The van der Waals surface area contributed by atoms with Gasteiger partial charge in [0.1, 0.15) is 0 Å². The molecule has 2 aliphatic heterocycles. The number of allylic oxidation sites excluding steroid dienone is 10. The highest BCUT2D eigenvalue weighted by atomic mass is 15.3. The number of nitriles is 1. The molecule has 0 aromatic heterocycles. The van der Waals surface area contributed by atoms with Crippen LogP contribution in [0, 0.1) is 17.2 Å². The highest BCUT2D eigenvalue weighted by molar-refractivity contribution is 6.00. The van der Waals surface area contributed by atoms with Crippen molar-refractivity contribution in [3.05, 3.63) is 185 Å². The van der Waals surface area contributed by atoms with E-state index in [1.165, 1.54) is 22.4 Å². The Kier molecular flexibility index (Phi) is 9.96. The summed E-state index contributed by atoms with van der Waals surface area (Å²) in [6.07, 6.45) is 23.2. The summed E-state index contributed by atoms with van der Waals surface area (Å²) >= 11 is 0. The SMILES string of the molecule is C=CCC(C)/C(=C\C)N(C1=C(C)CCC=C1)c1cc(C#N)cc(N2c3ccccc3Cc3ccccc32)c1N1C(=C\C)/C=C\C=C/c2ccccc21. The van der Waals surface area contributed by atoms with Crippen LogP contribution in [0.3, 0.4) is 0 Å². The maximum Gasteiger partial charge on any atom is 0.0993 e. The molecule has 1 aliphatic carbocycles. The van der Waals surface area contributed by atoms with Gasteiger partial charge in [0, 0.05) is 34.9 Å². The summed E-state index contributed by atoms with van der Waals surface area (Å²) in [6, 6.07) is 32.7. The number of para-hydroxylation sites is 3. The molecule has 0 bridgehead atoms. The lowest BCUT2D eigenvalue weighted by molar-refractivity contribution is 0.669. The first-order valence-electron chi connectivity index (χ1n) is 18.4. The number of hydrogen-bond acceptors (Lipinski definition) is 4. The van der Waals surface area contributed by atoms with Gasteiger partial charge < -0.3 is 14.7 Å². The van der Waals surface area contributed by atoms with Crippen LogP contribution in [0.15, 0.2) is 163 Å². The van der Waals surface area contributed by atoms with Crippen molar-refractivity contribution in [1.82, 2.24) is 0 Å². The van der Waals surface area contributed by atoms with Crippen molar-refractivity contribution < 1.29 is 0 Å². The Morgan fingerprint density at radius 2 is 1.54 bits per heavy atom. The van der Waals surface area contributed by atoms with Crippen LogP contribution in [0.25, 0.3) is 6.08 Å². The first-order valence-corrected chi connectivity index (χ1v) is 18.4. The molecule has 4 aromatic carbocycles. The predicted molar refractivity (Wildman–Crippen MR) is 220 cm³/mol. The van der Waals surface area contributed by atoms with Crippen LogP contribution in [-0.2, 0) is 6.42 Å². The Morgan fingerprint density at radius 3 is 2.19 bits per heavy atom. The Labute approximate surface area is 309 Å². The summed E-state index contributed by atoms with van der Waals surface area (Å²) in [5, 5.41) is 10.9. The van der Waals surface area contributed by atoms with Gasteiger partial charge in [0.05, 0.1) is 34.4 Å². The fourth-order valence-electron chi connectivity index (χ4n) is 7.87. The zero-order valence-electron chi connectivity index (χ0n) is 30.7. The van der Waals surface area contributed by atoms with Crippen LogP contribution in [0.4, 0.5) is 34.1 Å². The topological polar surface area (TPSA) is 33.5 Å². The third-order valence-corrected chi connectivity index (χ3v) is 10.4. The molecule has 52 heavy (non-hydrogen) atoms. The van der Waals surface area contributed by atoms with Crippen LogP contribution in [0.1, 0.15) is 69.2 Å². The summed E-state index contributed by atoms with van der Waals surface area (Å²) < 4.78 is 0. The van der Waals surface area contributed by atoms with Crippen molar-refractivity contribution in [1.29, 1.82) is 5.26 Å². The fraction of sp³-hybridized carbons (Fsp3) is 0.188. The zero-order valence-corrected chi connectivity index (χ0v) is 30.7. The Balaban J connectivity index is 1.68. The van der Waals surface area contributed by atoms with Crippen LogP contribution in [-0.4, -0.2) is 0 Å². The number of nitrogens with zero attached hydrogens (tertiary/aromatic N) is 4. The molecule has 2 heterocycles. The first-order chi connectivity index (χ1) is 25.5. The monoisotopic (exact) mass is 678 g/mol. The number of benzene rings is 4. The molecule has 258 valence electrons. The predicted octanol–water partition coefficient (Wildman–Crippen LogP) is 13.1. The van der Waals surface area contributed by atoms with E-state index in [4.69, 9.17) is 0 Å². The molecule has 0 radical (unpaired) electrons. The van der Waals surface area contributed by atoms with E-state index in [0.29, 0.717) is 5.56 Å². The summed E-state index contributed by atoms with van der Waals surface area (Å²) in [6.45, 7) is 12.9. The van der Waals surface area contributed by atoms with Crippen molar-refractivity contribution in [2.24, 2.45) is 5.92 Å². The smallest absolute Gasteiger partial charge is 0.0993 e. The second-order valence-corrected chi connectivity index (χ2v) is 13.7. The maximum atomic E-state index is 10.9. The maximum absolute atomic E-state index is 10.9. The molecule has 0 fully saturated rings. The van der Waals surface area contributed by atoms with Crippen LogP contribution in [0.2, 0.25) is 0 Å². The summed E-state index contributed by atoms with van der Waals surface area (Å²) in [5.41, 5.74) is 15.1. The van der Waals surface area contributed by atoms with Gasteiger partial charge in [-0.25, -0.2) is 0 Å². The van der Waals surface area contributed by atoms with E-state index < -0.39 is 0 Å². The molecule has 0 spiro atoms. The molecule has 1 atom stereocenters. The van der Waals surface area contributed by atoms with Gasteiger partial charge in [-0.3, -0.25) is 0 Å². The zero-order chi connectivity index (χ0) is 36.2.